The normalized spacial score (nSPS) is 16.9. The van der Waals surface area contributed by atoms with Crippen LogP contribution in [-0.2, 0) is 18.3 Å². The molecule has 0 bridgehead atoms. The van der Waals surface area contributed by atoms with Gasteiger partial charge in [0.25, 0.3) is 0 Å². The summed E-state index contributed by atoms with van der Waals surface area (Å²) in [5.41, 5.74) is 3.06. The van der Waals surface area contributed by atoms with Gasteiger partial charge in [-0.1, -0.05) is 0 Å². The van der Waals surface area contributed by atoms with E-state index in [2.05, 4.69) is 5.10 Å². The summed E-state index contributed by atoms with van der Waals surface area (Å²) in [7, 11) is 1.91. The number of rotatable bonds is 3. The molecule has 0 radical (unpaired) electrons. The topological polar surface area (TPSA) is 58.4 Å². The third kappa shape index (κ3) is 2.97. The number of hydrogen-bond donors (Lipinski definition) is 1. The molecule has 5 heteroatoms. The lowest BCUT2D eigenvalue weighted by atomic mass is 9.97. The molecule has 1 fully saturated rings. The average molecular weight is 265 g/mol. The van der Waals surface area contributed by atoms with Crippen molar-refractivity contribution >= 4 is 5.91 Å². The third-order valence-electron chi connectivity index (χ3n) is 4.21. The van der Waals surface area contributed by atoms with E-state index in [1.165, 1.54) is 0 Å². The van der Waals surface area contributed by atoms with E-state index >= 15 is 0 Å². The van der Waals surface area contributed by atoms with Crippen LogP contribution in [0.15, 0.2) is 0 Å². The number of aliphatic hydroxyl groups is 1. The highest BCUT2D eigenvalue weighted by molar-refractivity contribution is 5.79. The Labute approximate surface area is 114 Å². The first-order valence-electron chi connectivity index (χ1n) is 6.90. The van der Waals surface area contributed by atoms with Crippen molar-refractivity contribution in [3.63, 3.8) is 0 Å². The minimum Gasteiger partial charge on any atom is -0.396 e. The van der Waals surface area contributed by atoms with Gasteiger partial charge in [-0.05, 0) is 32.6 Å². The summed E-state index contributed by atoms with van der Waals surface area (Å²) in [6.45, 7) is 5.72. The highest BCUT2D eigenvalue weighted by Crippen LogP contribution is 2.19. The highest BCUT2D eigenvalue weighted by Gasteiger charge is 2.23. The molecule has 5 nitrogen and oxygen atoms in total. The Morgan fingerprint density at radius 1 is 1.37 bits per heavy atom. The van der Waals surface area contributed by atoms with Gasteiger partial charge in [0.05, 0.1) is 12.1 Å². The summed E-state index contributed by atoms with van der Waals surface area (Å²) in [5, 5.41) is 13.5. The number of carbonyl (C=O) groups excluding carboxylic acids is 1. The van der Waals surface area contributed by atoms with Gasteiger partial charge in [0.1, 0.15) is 0 Å². The monoisotopic (exact) mass is 265 g/mol. The fraction of sp³-hybridized carbons (Fsp3) is 0.714. The standard InChI is InChI=1S/C14H23N3O2/c1-10-13(11(2)16(3)15-10)8-14(19)17-6-4-12(9-18)5-7-17/h12,18H,4-9H2,1-3H3. The van der Waals surface area contributed by atoms with Gasteiger partial charge in [0.15, 0.2) is 0 Å². The first-order chi connectivity index (χ1) is 9.02. The Hall–Kier alpha value is -1.36. The van der Waals surface area contributed by atoms with Crippen LogP contribution in [0.3, 0.4) is 0 Å². The Morgan fingerprint density at radius 2 is 2.00 bits per heavy atom. The summed E-state index contributed by atoms with van der Waals surface area (Å²) in [4.78, 5) is 14.2. The zero-order chi connectivity index (χ0) is 14.0. The molecule has 1 aliphatic rings. The predicted molar refractivity (Wildman–Crippen MR) is 72.8 cm³/mol. The molecular weight excluding hydrogens is 242 g/mol. The van der Waals surface area contributed by atoms with Crippen LogP contribution in [0.1, 0.15) is 29.8 Å². The molecule has 1 saturated heterocycles. The molecule has 0 spiro atoms. The van der Waals surface area contributed by atoms with E-state index in [0.29, 0.717) is 12.3 Å². The molecule has 0 saturated carbocycles. The maximum atomic E-state index is 12.3. The lowest BCUT2D eigenvalue weighted by molar-refractivity contribution is -0.132. The molecule has 1 amide bonds. The predicted octanol–water partition coefficient (Wildman–Crippen LogP) is 0.810. The fourth-order valence-electron chi connectivity index (χ4n) is 2.70. The van der Waals surface area contributed by atoms with E-state index in [1.807, 2.05) is 30.5 Å². The van der Waals surface area contributed by atoms with E-state index < -0.39 is 0 Å². The van der Waals surface area contributed by atoms with Crippen molar-refractivity contribution in [2.75, 3.05) is 19.7 Å². The van der Waals surface area contributed by atoms with Gasteiger partial charge < -0.3 is 10.0 Å². The van der Waals surface area contributed by atoms with E-state index in [4.69, 9.17) is 5.11 Å². The maximum absolute atomic E-state index is 12.3. The number of nitrogens with zero attached hydrogens (tertiary/aromatic N) is 3. The fourth-order valence-corrected chi connectivity index (χ4v) is 2.70. The molecule has 2 heterocycles. The molecule has 0 aromatic carbocycles. The second-order valence-corrected chi connectivity index (χ2v) is 5.46. The van der Waals surface area contributed by atoms with Gasteiger partial charge in [-0.15, -0.1) is 0 Å². The van der Waals surface area contributed by atoms with Crippen LogP contribution in [0.5, 0.6) is 0 Å². The highest BCUT2D eigenvalue weighted by atomic mass is 16.3. The molecule has 0 aliphatic carbocycles. The first kappa shape index (κ1) is 14.1. The van der Waals surface area contributed by atoms with Crippen molar-refractivity contribution in [3.8, 4) is 0 Å². The van der Waals surface area contributed by atoms with Gasteiger partial charge >= 0.3 is 0 Å². The van der Waals surface area contributed by atoms with Crippen LogP contribution < -0.4 is 0 Å². The molecule has 1 aromatic heterocycles. The van der Waals surface area contributed by atoms with E-state index in [9.17, 15) is 4.79 Å². The van der Waals surface area contributed by atoms with E-state index in [-0.39, 0.29) is 12.5 Å². The average Bonchev–Trinajstić information content (AvgIpc) is 2.65. The summed E-state index contributed by atoms with van der Waals surface area (Å²) >= 11 is 0. The minimum absolute atomic E-state index is 0.176. The number of aromatic nitrogens is 2. The zero-order valence-electron chi connectivity index (χ0n) is 12.0. The molecule has 1 aliphatic heterocycles. The SMILES string of the molecule is Cc1nn(C)c(C)c1CC(=O)N1CCC(CO)CC1. The Balaban J connectivity index is 1.98. The number of piperidine rings is 1. The minimum atomic E-state index is 0.176. The Morgan fingerprint density at radius 3 is 2.47 bits per heavy atom. The first-order valence-corrected chi connectivity index (χ1v) is 6.90. The summed E-state index contributed by atoms with van der Waals surface area (Å²) in [6.07, 6.45) is 2.26. The van der Waals surface area contributed by atoms with Crippen LogP contribution in [0.25, 0.3) is 0 Å². The lowest BCUT2D eigenvalue weighted by Crippen LogP contribution is -2.40. The molecule has 2 rings (SSSR count). The number of carbonyl (C=O) groups is 1. The molecule has 106 valence electrons. The van der Waals surface area contributed by atoms with Gasteiger partial charge in [0.2, 0.25) is 5.91 Å². The number of aryl methyl sites for hydroxylation is 2. The van der Waals surface area contributed by atoms with Crippen molar-refractivity contribution in [2.45, 2.75) is 33.1 Å². The van der Waals surface area contributed by atoms with E-state index in [1.54, 1.807) is 0 Å². The van der Waals surface area contributed by atoms with Crippen molar-refractivity contribution in [3.05, 3.63) is 17.0 Å². The summed E-state index contributed by atoms with van der Waals surface area (Å²) < 4.78 is 1.83. The van der Waals surface area contributed by atoms with Gasteiger partial charge in [0, 0.05) is 38.0 Å². The molecule has 0 unspecified atom stereocenters. The summed E-state index contributed by atoms with van der Waals surface area (Å²) in [5.74, 6) is 0.543. The van der Waals surface area contributed by atoms with Crippen LogP contribution in [-0.4, -0.2) is 45.4 Å². The summed E-state index contributed by atoms with van der Waals surface area (Å²) in [6, 6.07) is 0. The third-order valence-corrected chi connectivity index (χ3v) is 4.21. The smallest absolute Gasteiger partial charge is 0.227 e. The van der Waals surface area contributed by atoms with Crippen molar-refractivity contribution in [1.82, 2.24) is 14.7 Å². The molecular formula is C14H23N3O2. The molecule has 1 N–H and O–H groups in total. The molecule has 1 aromatic rings. The zero-order valence-corrected chi connectivity index (χ0v) is 12.0. The quantitative estimate of drug-likeness (QED) is 0.880. The number of aliphatic hydroxyl groups excluding tert-OH is 1. The van der Waals surface area contributed by atoms with Crippen LogP contribution in [0.2, 0.25) is 0 Å². The second kappa shape index (κ2) is 5.74. The number of likely N-dealkylation sites (tertiary alicyclic amines) is 1. The lowest BCUT2D eigenvalue weighted by Gasteiger charge is -2.31. The van der Waals surface area contributed by atoms with Crippen LogP contribution >= 0.6 is 0 Å². The van der Waals surface area contributed by atoms with Crippen molar-refractivity contribution in [1.29, 1.82) is 0 Å². The van der Waals surface area contributed by atoms with E-state index in [0.717, 1.165) is 42.9 Å². The maximum Gasteiger partial charge on any atom is 0.227 e. The van der Waals surface area contributed by atoms with Gasteiger partial charge in [-0.2, -0.15) is 5.10 Å². The van der Waals surface area contributed by atoms with Crippen LogP contribution in [0, 0.1) is 19.8 Å². The molecule has 0 atom stereocenters. The van der Waals surface area contributed by atoms with Crippen molar-refractivity contribution < 1.29 is 9.90 Å². The number of amides is 1. The second-order valence-electron chi connectivity index (χ2n) is 5.46. The Kier molecular flexibility index (Phi) is 4.24. The molecule has 19 heavy (non-hydrogen) atoms. The van der Waals surface area contributed by atoms with Crippen molar-refractivity contribution in [2.24, 2.45) is 13.0 Å². The van der Waals surface area contributed by atoms with Gasteiger partial charge in [-0.3, -0.25) is 9.48 Å². The van der Waals surface area contributed by atoms with Gasteiger partial charge in [-0.25, -0.2) is 0 Å². The Bertz CT molecular complexity index is 460. The van der Waals surface area contributed by atoms with Crippen LogP contribution in [0.4, 0.5) is 0 Å². The largest absolute Gasteiger partial charge is 0.396 e. The number of hydrogen-bond acceptors (Lipinski definition) is 3.